The predicted octanol–water partition coefficient (Wildman–Crippen LogP) is 4.07. The van der Waals surface area contributed by atoms with Crippen LogP contribution in [0.25, 0.3) is 0 Å². The Bertz CT molecular complexity index is 471. The van der Waals surface area contributed by atoms with Crippen molar-refractivity contribution in [3.63, 3.8) is 0 Å². The van der Waals surface area contributed by atoms with Crippen LogP contribution in [0.4, 0.5) is 5.69 Å². The molecule has 0 radical (unpaired) electrons. The number of benzene rings is 2. The van der Waals surface area contributed by atoms with Crippen molar-refractivity contribution in [1.82, 2.24) is 0 Å². The first kappa shape index (κ1) is 10.4. The largest absolute Gasteiger partial charge is 0.399 e. The second-order valence-electron chi connectivity index (χ2n) is 3.10. The summed E-state index contributed by atoms with van der Waals surface area (Å²) >= 11 is 7.68. The lowest BCUT2D eigenvalue weighted by Crippen LogP contribution is -1.83. The van der Waals surface area contributed by atoms with E-state index in [4.69, 9.17) is 17.3 Å². The molecule has 0 unspecified atom stereocenters. The van der Waals surface area contributed by atoms with Gasteiger partial charge < -0.3 is 5.73 Å². The molecule has 0 saturated heterocycles. The van der Waals surface area contributed by atoms with Gasteiger partial charge in [0.2, 0.25) is 0 Å². The highest BCUT2D eigenvalue weighted by Crippen LogP contribution is 2.33. The third-order valence-electron chi connectivity index (χ3n) is 1.92. The molecule has 0 aromatic heterocycles. The fourth-order valence-electron chi connectivity index (χ4n) is 1.23. The monoisotopic (exact) mass is 235 g/mol. The Morgan fingerprint density at radius 1 is 1.00 bits per heavy atom. The van der Waals surface area contributed by atoms with Crippen molar-refractivity contribution in [2.75, 3.05) is 5.73 Å². The van der Waals surface area contributed by atoms with E-state index in [1.165, 1.54) is 0 Å². The molecular formula is C12H10ClNS. The van der Waals surface area contributed by atoms with Crippen LogP contribution in [0.3, 0.4) is 0 Å². The number of nitrogen functional groups attached to an aromatic ring is 1. The first-order chi connectivity index (χ1) is 7.25. The summed E-state index contributed by atoms with van der Waals surface area (Å²) in [7, 11) is 0. The van der Waals surface area contributed by atoms with Crippen LogP contribution in [0, 0.1) is 0 Å². The normalized spacial score (nSPS) is 10.2. The fourth-order valence-corrected chi connectivity index (χ4v) is 2.39. The van der Waals surface area contributed by atoms with E-state index in [2.05, 4.69) is 0 Å². The molecule has 2 rings (SSSR count). The third-order valence-corrected chi connectivity index (χ3v) is 3.43. The summed E-state index contributed by atoms with van der Waals surface area (Å²) in [6, 6.07) is 15.5. The molecule has 0 spiro atoms. The molecule has 0 bridgehead atoms. The van der Waals surface area contributed by atoms with Gasteiger partial charge in [-0.2, -0.15) is 0 Å². The zero-order valence-corrected chi connectivity index (χ0v) is 9.55. The molecule has 0 saturated carbocycles. The van der Waals surface area contributed by atoms with Gasteiger partial charge in [0, 0.05) is 15.5 Å². The molecule has 0 heterocycles. The molecule has 3 heteroatoms. The summed E-state index contributed by atoms with van der Waals surface area (Å²) in [4.78, 5) is 2.15. The van der Waals surface area contributed by atoms with Gasteiger partial charge in [-0.05, 0) is 30.3 Å². The van der Waals surface area contributed by atoms with Crippen LogP contribution in [0.1, 0.15) is 0 Å². The van der Waals surface area contributed by atoms with Crippen molar-refractivity contribution in [3.8, 4) is 0 Å². The Kier molecular flexibility index (Phi) is 3.19. The van der Waals surface area contributed by atoms with Gasteiger partial charge in [-0.3, -0.25) is 0 Å². The van der Waals surface area contributed by atoms with Crippen LogP contribution < -0.4 is 5.73 Å². The highest BCUT2D eigenvalue weighted by molar-refractivity contribution is 7.99. The smallest absolute Gasteiger partial charge is 0.0545 e. The first-order valence-electron chi connectivity index (χ1n) is 4.53. The van der Waals surface area contributed by atoms with Crippen LogP contribution in [-0.4, -0.2) is 0 Å². The van der Waals surface area contributed by atoms with E-state index >= 15 is 0 Å². The van der Waals surface area contributed by atoms with Gasteiger partial charge in [-0.1, -0.05) is 41.6 Å². The number of hydrogen-bond donors (Lipinski definition) is 1. The molecule has 0 aliphatic rings. The highest BCUT2D eigenvalue weighted by Gasteiger charge is 2.01. The SMILES string of the molecule is Nc1cccc(Sc2ccccc2Cl)c1. The van der Waals surface area contributed by atoms with Crippen molar-refractivity contribution >= 4 is 29.1 Å². The summed E-state index contributed by atoms with van der Waals surface area (Å²) in [6.45, 7) is 0. The van der Waals surface area contributed by atoms with Gasteiger partial charge in [0.1, 0.15) is 0 Å². The number of anilines is 1. The van der Waals surface area contributed by atoms with Gasteiger partial charge in [-0.15, -0.1) is 0 Å². The van der Waals surface area contributed by atoms with Crippen molar-refractivity contribution in [1.29, 1.82) is 0 Å². The Labute approximate surface area is 98.3 Å². The average Bonchev–Trinajstić information content (AvgIpc) is 2.22. The maximum Gasteiger partial charge on any atom is 0.0545 e. The first-order valence-corrected chi connectivity index (χ1v) is 5.73. The van der Waals surface area contributed by atoms with Gasteiger partial charge >= 0.3 is 0 Å². The summed E-state index contributed by atoms with van der Waals surface area (Å²) < 4.78 is 0. The molecule has 0 amide bonds. The number of nitrogens with two attached hydrogens (primary N) is 1. The standard InChI is InChI=1S/C12H10ClNS/c13-11-6-1-2-7-12(11)15-10-5-3-4-9(14)8-10/h1-8H,14H2. The Balaban J connectivity index is 2.26. The van der Waals surface area contributed by atoms with E-state index in [1.807, 2.05) is 48.5 Å². The minimum absolute atomic E-state index is 0.768. The molecule has 2 aromatic carbocycles. The number of halogens is 1. The van der Waals surface area contributed by atoms with Crippen LogP contribution in [-0.2, 0) is 0 Å². The average molecular weight is 236 g/mol. The second kappa shape index (κ2) is 4.60. The maximum absolute atomic E-state index is 6.06. The van der Waals surface area contributed by atoms with E-state index in [0.717, 1.165) is 20.5 Å². The Morgan fingerprint density at radius 2 is 1.80 bits per heavy atom. The van der Waals surface area contributed by atoms with Gasteiger partial charge in [-0.25, -0.2) is 0 Å². The number of hydrogen-bond acceptors (Lipinski definition) is 2. The van der Waals surface area contributed by atoms with Crippen LogP contribution in [0.2, 0.25) is 5.02 Å². The minimum Gasteiger partial charge on any atom is -0.399 e. The molecule has 0 atom stereocenters. The Morgan fingerprint density at radius 3 is 2.53 bits per heavy atom. The molecule has 2 N–H and O–H groups in total. The van der Waals surface area contributed by atoms with Crippen molar-refractivity contribution in [2.24, 2.45) is 0 Å². The second-order valence-corrected chi connectivity index (χ2v) is 4.63. The lowest BCUT2D eigenvalue weighted by molar-refractivity contribution is 1.41. The lowest BCUT2D eigenvalue weighted by atomic mass is 10.3. The lowest BCUT2D eigenvalue weighted by Gasteiger charge is -2.04. The van der Waals surface area contributed by atoms with Crippen molar-refractivity contribution in [2.45, 2.75) is 9.79 Å². The van der Waals surface area contributed by atoms with Gasteiger partial charge in [0.15, 0.2) is 0 Å². The van der Waals surface area contributed by atoms with E-state index < -0.39 is 0 Å². The van der Waals surface area contributed by atoms with Gasteiger partial charge in [0.05, 0.1) is 5.02 Å². The molecule has 2 aromatic rings. The summed E-state index contributed by atoms with van der Waals surface area (Å²) in [5.74, 6) is 0. The van der Waals surface area contributed by atoms with Gasteiger partial charge in [0.25, 0.3) is 0 Å². The molecule has 76 valence electrons. The zero-order chi connectivity index (χ0) is 10.7. The van der Waals surface area contributed by atoms with Crippen LogP contribution in [0.5, 0.6) is 0 Å². The maximum atomic E-state index is 6.06. The predicted molar refractivity (Wildman–Crippen MR) is 66.4 cm³/mol. The topological polar surface area (TPSA) is 26.0 Å². The fraction of sp³-hybridized carbons (Fsp3) is 0. The van der Waals surface area contributed by atoms with E-state index in [1.54, 1.807) is 11.8 Å². The van der Waals surface area contributed by atoms with Crippen LogP contribution >= 0.6 is 23.4 Å². The zero-order valence-electron chi connectivity index (χ0n) is 7.98. The molecule has 15 heavy (non-hydrogen) atoms. The molecular weight excluding hydrogens is 226 g/mol. The van der Waals surface area contributed by atoms with E-state index in [9.17, 15) is 0 Å². The van der Waals surface area contributed by atoms with Crippen LogP contribution in [0.15, 0.2) is 58.3 Å². The quantitative estimate of drug-likeness (QED) is 0.794. The highest BCUT2D eigenvalue weighted by atomic mass is 35.5. The molecule has 0 aliphatic carbocycles. The third kappa shape index (κ3) is 2.67. The summed E-state index contributed by atoms with van der Waals surface area (Å²) in [5.41, 5.74) is 6.47. The number of rotatable bonds is 2. The minimum atomic E-state index is 0.768. The molecule has 0 aliphatic heterocycles. The molecule has 0 fully saturated rings. The molecule has 1 nitrogen and oxygen atoms in total. The summed E-state index contributed by atoms with van der Waals surface area (Å²) in [5, 5.41) is 0.768. The van der Waals surface area contributed by atoms with Crippen molar-refractivity contribution in [3.05, 3.63) is 53.6 Å². The summed E-state index contributed by atoms with van der Waals surface area (Å²) in [6.07, 6.45) is 0. The van der Waals surface area contributed by atoms with Crippen molar-refractivity contribution < 1.29 is 0 Å². The van der Waals surface area contributed by atoms with E-state index in [0.29, 0.717) is 0 Å². The Hall–Kier alpha value is -1.12. The van der Waals surface area contributed by atoms with E-state index in [-0.39, 0.29) is 0 Å².